The second-order valence-electron chi connectivity index (χ2n) is 7.18. The second-order valence-corrected chi connectivity index (χ2v) is 7.18. The molecule has 2 N–H and O–H groups in total. The highest BCUT2D eigenvalue weighted by atomic mass is 16.6. The van der Waals surface area contributed by atoms with Gasteiger partial charge in [-0.1, -0.05) is 12.5 Å². The van der Waals surface area contributed by atoms with E-state index in [1.54, 1.807) is 0 Å². The van der Waals surface area contributed by atoms with E-state index in [2.05, 4.69) is 5.32 Å². The Morgan fingerprint density at radius 2 is 1.96 bits per heavy atom. The van der Waals surface area contributed by atoms with Crippen molar-refractivity contribution < 1.29 is 19.4 Å². The van der Waals surface area contributed by atoms with Gasteiger partial charge < -0.3 is 19.9 Å². The van der Waals surface area contributed by atoms with Crippen LogP contribution in [0.5, 0.6) is 11.5 Å². The van der Waals surface area contributed by atoms with E-state index in [0.717, 1.165) is 30.6 Å². The first-order chi connectivity index (χ1) is 11.0. The molecule has 126 valence electrons. The lowest BCUT2D eigenvalue weighted by Gasteiger charge is -2.41. The minimum Gasteiger partial charge on any atom is -0.486 e. The highest BCUT2D eigenvalue weighted by molar-refractivity contribution is 5.87. The molecule has 0 radical (unpaired) electrons. The smallest absolute Gasteiger partial charge is 0.230 e. The third kappa shape index (κ3) is 3.02. The van der Waals surface area contributed by atoms with E-state index in [1.165, 1.54) is 0 Å². The van der Waals surface area contributed by atoms with Crippen LogP contribution in [-0.4, -0.2) is 37.4 Å². The van der Waals surface area contributed by atoms with Gasteiger partial charge in [0.15, 0.2) is 11.5 Å². The van der Waals surface area contributed by atoms with Crippen LogP contribution in [0.15, 0.2) is 18.2 Å². The zero-order valence-corrected chi connectivity index (χ0v) is 13.9. The molecule has 0 saturated heterocycles. The molecule has 3 rings (SSSR count). The molecule has 1 aromatic rings. The van der Waals surface area contributed by atoms with Crippen molar-refractivity contribution in [2.24, 2.45) is 5.41 Å². The molecule has 0 spiro atoms. The van der Waals surface area contributed by atoms with Crippen LogP contribution in [0.1, 0.15) is 38.7 Å². The largest absolute Gasteiger partial charge is 0.486 e. The van der Waals surface area contributed by atoms with E-state index in [1.807, 2.05) is 32.0 Å². The molecule has 23 heavy (non-hydrogen) atoms. The number of amides is 1. The molecule has 1 fully saturated rings. The summed E-state index contributed by atoms with van der Waals surface area (Å²) in [6.07, 6.45) is 3.09. The van der Waals surface area contributed by atoms with E-state index < -0.39 is 5.41 Å². The van der Waals surface area contributed by atoms with Crippen LogP contribution < -0.4 is 14.8 Å². The number of carbonyl (C=O) groups excluding carboxylic acids is 1. The van der Waals surface area contributed by atoms with Crippen molar-refractivity contribution in [2.75, 3.05) is 26.4 Å². The number of nitrogens with one attached hydrogen (secondary N) is 1. The second kappa shape index (κ2) is 6.04. The van der Waals surface area contributed by atoms with Gasteiger partial charge in [0, 0.05) is 12.0 Å². The number of carbonyl (C=O) groups is 1. The average Bonchev–Trinajstić information content (AvgIpc) is 2.53. The van der Waals surface area contributed by atoms with Gasteiger partial charge in [0.1, 0.15) is 13.2 Å². The molecule has 0 bridgehead atoms. The average molecular weight is 319 g/mol. The molecule has 1 aliphatic heterocycles. The van der Waals surface area contributed by atoms with Crippen molar-refractivity contribution in [3.05, 3.63) is 23.8 Å². The van der Waals surface area contributed by atoms with Gasteiger partial charge >= 0.3 is 0 Å². The Kier molecular flexibility index (Phi) is 4.23. The molecule has 1 aliphatic carbocycles. The molecular formula is C18H25NO4. The van der Waals surface area contributed by atoms with Gasteiger partial charge in [-0.2, -0.15) is 0 Å². The van der Waals surface area contributed by atoms with Crippen LogP contribution in [-0.2, 0) is 10.2 Å². The van der Waals surface area contributed by atoms with E-state index in [9.17, 15) is 9.90 Å². The Labute approximate surface area is 137 Å². The van der Waals surface area contributed by atoms with Crippen LogP contribution in [0.4, 0.5) is 0 Å². The minimum absolute atomic E-state index is 0.0334. The zero-order valence-electron chi connectivity index (χ0n) is 13.9. The van der Waals surface area contributed by atoms with E-state index in [4.69, 9.17) is 9.47 Å². The third-order valence-electron chi connectivity index (χ3n) is 5.21. The number of rotatable bonds is 5. The Morgan fingerprint density at radius 1 is 1.26 bits per heavy atom. The molecule has 1 aromatic carbocycles. The predicted molar refractivity (Wildman–Crippen MR) is 86.8 cm³/mol. The van der Waals surface area contributed by atoms with Gasteiger partial charge in [0.05, 0.1) is 12.0 Å². The fourth-order valence-corrected chi connectivity index (χ4v) is 3.12. The van der Waals surface area contributed by atoms with Crippen molar-refractivity contribution in [2.45, 2.75) is 38.5 Å². The lowest BCUT2D eigenvalue weighted by Crippen LogP contribution is -2.49. The summed E-state index contributed by atoms with van der Waals surface area (Å²) in [6.45, 7) is 5.57. The molecule has 2 aliphatic rings. The maximum Gasteiger partial charge on any atom is 0.230 e. The monoisotopic (exact) mass is 319 g/mol. The lowest BCUT2D eigenvalue weighted by atomic mass is 9.69. The lowest BCUT2D eigenvalue weighted by molar-refractivity contribution is -0.126. The first-order valence-electron chi connectivity index (χ1n) is 8.26. The maximum absolute atomic E-state index is 12.7. The summed E-state index contributed by atoms with van der Waals surface area (Å²) >= 11 is 0. The summed E-state index contributed by atoms with van der Waals surface area (Å²) in [5, 5.41) is 12.5. The fourth-order valence-electron chi connectivity index (χ4n) is 3.12. The maximum atomic E-state index is 12.7. The van der Waals surface area contributed by atoms with E-state index in [0.29, 0.717) is 25.5 Å². The Bertz CT molecular complexity index is 587. The van der Waals surface area contributed by atoms with Gasteiger partial charge in [-0.25, -0.2) is 0 Å². The normalized spacial score (nSPS) is 18.9. The van der Waals surface area contributed by atoms with Crippen molar-refractivity contribution in [1.82, 2.24) is 5.32 Å². The van der Waals surface area contributed by atoms with Crippen molar-refractivity contribution in [3.63, 3.8) is 0 Å². The summed E-state index contributed by atoms with van der Waals surface area (Å²) in [5.74, 6) is 1.39. The van der Waals surface area contributed by atoms with Gasteiger partial charge in [-0.05, 0) is 44.4 Å². The van der Waals surface area contributed by atoms with Crippen molar-refractivity contribution in [3.8, 4) is 11.5 Å². The molecular weight excluding hydrogens is 294 g/mol. The Balaban J connectivity index is 1.71. The highest BCUT2D eigenvalue weighted by Crippen LogP contribution is 2.40. The molecule has 5 nitrogen and oxygen atoms in total. The summed E-state index contributed by atoms with van der Waals surface area (Å²) < 4.78 is 11.1. The SMILES string of the molecule is CC(C)(C(=O)NCC1(CO)CCC1)c1ccc2c(c1)OCCO2. The standard InChI is InChI=1S/C18H25NO4/c1-17(2,16(21)19-11-18(12-20)6-3-7-18)13-4-5-14-15(10-13)23-9-8-22-14/h4-5,10,20H,3,6-9,11-12H2,1-2H3,(H,19,21). The third-order valence-corrected chi connectivity index (χ3v) is 5.21. The molecule has 5 heteroatoms. The molecule has 0 atom stereocenters. The quantitative estimate of drug-likeness (QED) is 0.871. The van der Waals surface area contributed by atoms with Crippen molar-refractivity contribution in [1.29, 1.82) is 0 Å². The van der Waals surface area contributed by atoms with E-state index in [-0.39, 0.29) is 17.9 Å². The van der Waals surface area contributed by atoms with Crippen LogP contribution in [0.2, 0.25) is 0 Å². The topological polar surface area (TPSA) is 67.8 Å². The van der Waals surface area contributed by atoms with Crippen LogP contribution >= 0.6 is 0 Å². The zero-order chi connectivity index (χ0) is 16.5. The number of benzene rings is 1. The minimum atomic E-state index is -0.670. The number of aliphatic hydroxyl groups excluding tert-OH is 1. The van der Waals surface area contributed by atoms with Crippen LogP contribution in [0, 0.1) is 5.41 Å². The predicted octanol–water partition coefficient (Wildman–Crippen LogP) is 2.01. The van der Waals surface area contributed by atoms with Gasteiger partial charge in [-0.3, -0.25) is 4.79 Å². The number of hydrogen-bond donors (Lipinski definition) is 2. The first-order valence-corrected chi connectivity index (χ1v) is 8.26. The fraction of sp³-hybridized carbons (Fsp3) is 0.611. The summed E-state index contributed by atoms with van der Waals surface area (Å²) in [7, 11) is 0. The highest BCUT2D eigenvalue weighted by Gasteiger charge is 2.38. The molecule has 1 amide bonds. The van der Waals surface area contributed by atoms with E-state index >= 15 is 0 Å². The Hall–Kier alpha value is -1.75. The van der Waals surface area contributed by atoms with Crippen molar-refractivity contribution >= 4 is 5.91 Å². The number of ether oxygens (including phenoxy) is 2. The molecule has 0 aromatic heterocycles. The molecule has 1 saturated carbocycles. The first kappa shape index (κ1) is 16.1. The van der Waals surface area contributed by atoms with Gasteiger partial charge in [0.2, 0.25) is 5.91 Å². The molecule has 0 unspecified atom stereocenters. The summed E-state index contributed by atoms with van der Waals surface area (Å²) in [5.41, 5.74) is 0.111. The number of aliphatic hydroxyl groups is 1. The van der Waals surface area contributed by atoms with Crippen LogP contribution in [0.3, 0.4) is 0 Å². The Morgan fingerprint density at radius 3 is 2.57 bits per heavy atom. The molecule has 1 heterocycles. The van der Waals surface area contributed by atoms with Gasteiger partial charge in [-0.15, -0.1) is 0 Å². The number of fused-ring (bicyclic) bond motifs is 1. The number of hydrogen-bond acceptors (Lipinski definition) is 4. The van der Waals surface area contributed by atoms with Crippen LogP contribution in [0.25, 0.3) is 0 Å². The summed E-state index contributed by atoms with van der Waals surface area (Å²) in [6, 6.07) is 5.66. The summed E-state index contributed by atoms with van der Waals surface area (Å²) in [4.78, 5) is 12.7. The van der Waals surface area contributed by atoms with Gasteiger partial charge in [0.25, 0.3) is 0 Å².